The first-order chi connectivity index (χ1) is 12.8. The Morgan fingerprint density at radius 3 is 2.52 bits per heavy atom. The topological polar surface area (TPSA) is 49.2 Å². The number of hydrogen-bond acceptors (Lipinski definition) is 4. The van der Waals surface area contributed by atoms with Gasteiger partial charge in [-0.3, -0.25) is 4.98 Å². The SMILES string of the molecule is COc1ccc2ncc3nn(-c4ccc(OC(F)(F)F)c(F)c4)cc3c2c1. The van der Waals surface area contributed by atoms with Gasteiger partial charge in [0, 0.05) is 23.0 Å². The molecule has 0 bridgehead atoms. The summed E-state index contributed by atoms with van der Waals surface area (Å²) in [6.07, 6.45) is -1.75. The van der Waals surface area contributed by atoms with Crippen LogP contribution in [0.25, 0.3) is 27.5 Å². The van der Waals surface area contributed by atoms with Crippen LogP contribution in [0, 0.1) is 5.82 Å². The number of ether oxygens (including phenoxy) is 2. The van der Waals surface area contributed by atoms with Gasteiger partial charge in [0.2, 0.25) is 0 Å². The fourth-order valence-corrected chi connectivity index (χ4v) is 2.76. The Morgan fingerprint density at radius 1 is 1.00 bits per heavy atom. The molecule has 4 rings (SSSR count). The number of alkyl halides is 3. The molecular formula is C18H11F4N3O2. The Kier molecular flexibility index (Phi) is 3.87. The molecule has 0 saturated carbocycles. The van der Waals surface area contributed by atoms with Crippen LogP contribution in [0.1, 0.15) is 0 Å². The highest BCUT2D eigenvalue weighted by Gasteiger charge is 2.32. The molecule has 0 N–H and O–H groups in total. The van der Waals surface area contributed by atoms with Crippen LogP contribution in [0.4, 0.5) is 17.6 Å². The Labute approximate surface area is 149 Å². The molecule has 0 amide bonds. The Hall–Kier alpha value is -3.36. The Morgan fingerprint density at radius 2 is 1.81 bits per heavy atom. The van der Waals surface area contributed by atoms with Gasteiger partial charge in [0.15, 0.2) is 11.6 Å². The summed E-state index contributed by atoms with van der Waals surface area (Å²) in [6.45, 7) is 0. The van der Waals surface area contributed by atoms with Gasteiger partial charge in [-0.1, -0.05) is 0 Å². The fourth-order valence-electron chi connectivity index (χ4n) is 2.76. The van der Waals surface area contributed by atoms with Crippen LogP contribution in [-0.2, 0) is 0 Å². The summed E-state index contributed by atoms with van der Waals surface area (Å²) in [5.74, 6) is -1.40. The summed E-state index contributed by atoms with van der Waals surface area (Å²) in [6, 6.07) is 8.49. The van der Waals surface area contributed by atoms with Crippen molar-refractivity contribution in [3.8, 4) is 17.2 Å². The number of nitrogens with zero attached hydrogens (tertiary/aromatic N) is 3. The van der Waals surface area contributed by atoms with Crippen molar-refractivity contribution in [1.29, 1.82) is 0 Å². The van der Waals surface area contributed by atoms with Crippen LogP contribution < -0.4 is 9.47 Å². The minimum atomic E-state index is -4.97. The van der Waals surface area contributed by atoms with E-state index in [1.807, 2.05) is 0 Å². The molecule has 0 aliphatic carbocycles. The van der Waals surface area contributed by atoms with Gasteiger partial charge in [0.1, 0.15) is 11.3 Å². The molecular weight excluding hydrogens is 366 g/mol. The van der Waals surface area contributed by atoms with E-state index in [0.717, 1.165) is 28.4 Å². The van der Waals surface area contributed by atoms with Crippen molar-refractivity contribution in [3.05, 3.63) is 54.6 Å². The van der Waals surface area contributed by atoms with E-state index in [1.165, 1.54) is 10.7 Å². The summed E-state index contributed by atoms with van der Waals surface area (Å²) >= 11 is 0. The maximum absolute atomic E-state index is 14.0. The molecule has 0 radical (unpaired) electrons. The highest BCUT2D eigenvalue weighted by atomic mass is 19.4. The summed E-state index contributed by atoms with van der Waals surface area (Å²) in [7, 11) is 1.55. The minimum absolute atomic E-state index is 0.245. The van der Waals surface area contributed by atoms with Gasteiger partial charge in [-0.25, -0.2) is 9.07 Å². The van der Waals surface area contributed by atoms with E-state index in [1.54, 1.807) is 37.7 Å². The fraction of sp³-hybridized carbons (Fsp3) is 0.111. The number of halogens is 4. The van der Waals surface area contributed by atoms with Crippen LogP contribution in [0.5, 0.6) is 11.5 Å². The lowest BCUT2D eigenvalue weighted by Crippen LogP contribution is -2.18. The first kappa shape index (κ1) is 17.1. The third kappa shape index (κ3) is 3.23. The summed E-state index contributed by atoms with van der Waals surface area (Å²) < 4.78 is 61.0. The Balaban J connectivity index is 1.80. The van der Waals surface area contributed by atoms with Gasteiger partial charge in [0.05, 0.1) is 24.5 Å². The molecule has 9 heteroatoms. The molecule has 4 aromatic rings. The quantitative estimate of drug-likeness (QED) is 0.489. The van der Waals surface area contributed by atoms with Crippen LogP contribution in [-0.4, -0.2) is 28.2 Å². The number of aromatic nitrogens is 3. The minimum Gasteiger partial charge on any atom is -0.497 e. The largest absolute Gasteiger partial charge is 0.573 e. The second-order valence-electron chi connectivity index (χ2n) is 5.68. The monoisotopic (exact) mass is 377 g/mol. The highest BCUT2D eigenvalue weighted by Crippen LogP contribution is 2.29. The molecule has 0 saturated heterocycles. The number of fused-ring (bicyclic) bond motifs is 3. The molecule has 5 nitrogen and oxygen atoms in total. The number of benzene rings is 2. The van der Waals surface area contributed by atoms with E-state index in [4.69, 9.17) is 4.74 Å². The first-order valence-electron chi connectivity index (χ1n) is 7.72. The van der Waals surface area contributed by atoms with Crippen LogP contribution in [0.15, 0.2) is 48.8 Å². The van der Waals surface area contributed by atoms with Gasteiger partial charge in [0.25, 0.3) is 0 Å². The van der Waals surface area contributed by atoms with Gasteiger partial charge < -0.3 is 9.47 Å². The van der Waals surface area contributed by atoms with E-state index >= 15 is 0 Å². The highest BCUT2D eigenvalue weighted by molar-refractivity contribution is 6.04. The zero-order chi connectivity index (χ0) is 19.2. The van der Waals surface area contributed by atoms with E-state index in [-0.39, 0.29) is 5.69 Å². The zero-order valence-corrected chi connectivity index (χ0v) is 13.8. The van der Waals surface area contributed by atoms with Crippen molar-refractivity contribution in [3.63, 3.8) is 0 Å². The molecule has 2 heterocycles. The van der Waals surface area contributed by atoms with Gasteiger partial charge in [-0.15, -0.1) is 13.2 Å². The van der Waals surface area contributed by atoms with Gasteiger partial charge in [-0.05, 0) is 30.3 Å². The number of hydrogen-bond donors (Lipinski definition) is 0. The van der Waals surface area contributed by atoms with Crippen molar-refractivity contribution < 1.29 is 27.0 Å². The molecule has 2 aromatic heterocycles. The number of rotatable bonds is 3. The normalized spacial score (nSPS) is 11.9. The lowest BCUT2D eigenvalue weighted by molar-refractivity contribution is -0.275. The van der Waals surface area contributed by atoms with Crippen molar-refractivity contribution in [2.45, 2.75) is 6.36 Å². The molecule has 0 atom stereocenters. The molecule has 0 aliphatic heterocycles. The van der Waals surface area contributed by atoms with Crippen LogP contribution in [0.2, 0.25) is 0 Å². The standard InChI is InChI=1S/C18H11F4N3O2/c1-26-11-3-4-15-12(7-11)13-9-25(24-16(13)8-23-15)10-2-5-17(14(19)6-10)27-18(20,21)22/h2-9H,1H3. The third-order valence-electron chi connectivity index (χ3n) is 3.97. The Bertz CT molecular complexity index is 1150. The first-order valence-corrected chi connectivity index (χ1v) is 7.72. The molecule has 0 fully saturated rings. The smallest absolute Gasteiger partial charge is 0.497 e. The van der Waals surface area contributed by atoms with Gasteiger partial charge >= 0.3 is 6.36 Å². The number of pyridine rings is 1. The van der Waals surface area contributed by atoms with Crippen molar-refractivity contribution >= 4 is 21.8 Å². The lowest BCUT2D eigenvalue weighted by Gasteiger charge is -2.10. The summed E-state index contributed by atoms with van der Waals surface area (Å²) in [5, 5.41) is 5.85. The van der Waals surface area contributed by atoms with E-state index in [0.29, 0.717) is 11.3 Å². The van der Waals surface area contributed by atoms with Crippen molar-refractivity contribution in [2.24, 2.45) is 0 Å². The predicted molar refractivity (Wildman–Crippen MR) is 89.6 cm³/mol. The summed E-state index contributed by atoms with van der Waals surface area (Å²) in [5.41, 5.74) is 1.52. The molecule has 0 aliphatic rings. The summed E-state index contributed by atoms with van der Waals surface area (Å²) in [4.78, 5) is 4.31. The van der Waals surface area contributed by atoms with Crippen LogP contribution >= 0.6 is 0 Å². The van der Waals surface area contributed by atoms with Crippen molar-refractivity contribution in [1.82, 2.24) is 14.8 Å². The van der Waals surface area contributed by atoms with E-state index < -0.39 is 17.9 Å². The molecule has 0 spiro atoms. The number of methoxy groups -OCH3 is 1. The molecule has 2 aromatic carbocycles. The van der Waals surface area contributed by atoms with E-state index in [9.17, 15) is 17.6 Å². The zero-order valence-electron chi connectivity index (χ0n) is 13.8. The second kappa shape index (κ2) is 6.11. The maximum Gasteiger partial charge on any atom is 0.573 e. The van der Waals surface area contributed by atoms with E-state index in [2.05, 4.69) is 14.8 Å². The van der Waals surface area contributed by atoms with Crippen LogP contribution in [0.3, 0.4) is 0 Å². The molecule has 0 unspecified atom stereocenters. The second-order valence-corrected chi connectivity index (χ2v) is 5.68. The lowest BCUT2D eigenvalue weighted by atomic mass is 10.1. The predicted octanol–water partition coefficient (Wildman–Crippen LogP) is 4.62. The average molecular weight is 377 g/mol. The third-order valence-corrected chi connectivity index (χ3v) is 3.97. The molecule has 138 valence electrons. The van der Waals surface area contributed by atoms with Gasteiger partial charge in [-0.2, -0.15) is 5.10 Å². The maximum atomic E-state index is 14.0. The average Bonchev–Trinajstić information content (AvgIpc) is 3.06. The van der Waals surface area contributed by atoms with Crippen molar-refractivity contribution in [2.75, 3.05) is 7.11 Å². The molecule has 27 heavy (non-hydrogen) atoms.